The summed E-state index contributed by atoms with van der Waals surface area (Å²) in [6, 6.07) is 0. The number of hydrogen-bond acceptors (Lipinski definition) is 2. The molecule has 2 N–H and O–H groups in total. The fraction of sp³-hybridized carbons (Fsp3) is 0.909. The van der Waals surface area contributed by atoms with Crippen molar-refractivity contribution in [2.45, 2.75) is 92.9 Å². The molecule has 152 valence electrons. The van der Waals surface area contributed by atoms with E-state index in [1.807, 2.05) is 0 Å². The van der Waals surface area contributed by atoms with Gasteiger partial charge in [0.1, 0.15) is 0 Å². The first-order chi connectivity index (χ1) is 12.1. The summed E-state index contributed by atoms with van der Waals surface area (Å²) in [4.78, 5) is 25.0. The SMILES string of the molecule is CCCCC1(CCCC)C[C@H](C(C)C)[C@@H](C(C)C)CC1(C(=O)O)C(=O)O. The van der Waals surface area contributed by atoms with Crippen LogP contribution in [0.25, 0.3) is 0 Å². The lowest BCUT2D eigenvalue weighted by atomic mass is 9.46. The Labute approximate surface area is 159 Å². The molecule has 4 heteroatoms. The van der Waals surface area contributed by atoms with Crippen LogP contribution in [-0.2, 0) is 9.59 Å². The van der Waals surface area contributed by atoms with Crippen molar-refractivity contribution in [1.82, 2.24) is 0 Å². The summed E-state index contributed by atoms with van der Waals surface area (Å²) in [5, 5.41) is 20.5. The number of carboxylic acids is 2. The highest BCUT2D eigenvalue weighted by atomic mass is 16.4. The van der Waals surface area contributed by atoms with Gasteiger partial charge in [-0.15, -0.1) is 0 Å². The van der Waals surface area contributed by atoms with Crippen LogP contribution in [0.15, 0.2) is 0 Å². The molecular weight excluding hydrogens is 328 g/mol. The summed E-state index contributed by atoms with van der Waals surface area (Å²) in [7, 11) is 0. The van der Waals surface area contributed by atoms with Gasteiger partial charge in [0.05, 0.1) is 0 Å². The van der Waals surface area contributed by atoms with E-state index in [1.54, 1.807) is 0 Å². The van der Waals surface area contributed by atoms with Crippen LogP contribution in [-0.4, -0.2) is 22.2 Å². The van der Waals surface area contributed by atoms with E-state index < -0.39 is 22.8 Å². The van der Waals surface area contributed by atoms with Gasteiger partial charge in [-0.25, -0.2) is 0 Å². The zero-order valence-corrected chi connectivity index (χ0v) is 17.7. The molecule has 2 atom stereocenters. The van der Waals surface area contributed by atoms with Crippen LogP contribution in [0, 0.1) is 34.5 Å². The van der Waals surface area contributed by atoms with Gasteiger partial charge in [0.2, 0.25) is 0 Å². The van der Waals surface area contributed by atoms with Crippen LogP contribution in [0.4, 0.5) is 0 Å². The number of carboxylic acid groups (broad SMARTS) is 2. The number of aliphatic carboxylic acids is 2. The van der Waals surface area contributed by atoms with Crippen molar-refractivity contribution in [2.75, 3.05) is 0 Å². The molecule has 1 rings (SSSR count). The summed E-state index contributed by atoms with van der Waals surface area (Å²) < 4.78 is 0. The topological polar surface area (TPSA) is 74.6 Å². The summed E-state index contributed by atoms with van der Waals surface area (Å²) in [5.41, 5.74) is -2.30. The maximum absolute atomic E-state index is 12.5. The third-order valence-corrected chi connectivity index (χ3v) is 7.08. The van der Waals surface area contributed by atoms with Gasteiger partial charge in [-0.05, 0) is 54.8 Å². The highest BCUT2D eigenvalue weighted by molar-refractivity contribution is 5.99. The Hall–Kier alpha value is -1.06. The Kier molecular flexibility index (Phi) is 8.16. The number of carbonyl (C=O) groups is 2. The lowest BCUT2D eigenvalue weighted by molar-refractivity contribution is -0.192. The number of hydrogen-bond donors (Lipinski definition) is 2. The molecule has 0 aromatic rings. The van der Waals surface area contributed by atoms with Crippen molar-refractivity contribution in [3.05, 3.63) is 0 Å². The van der Waals surface area contributed by atoms with E-state index in [2.05, 4.69) is 41.5 Å². The third kappa shape index (κ3) is 4.09. The molecule has 4 nitrogen and oxygen atoms in total. The van der Waals surface area contributed by atoms with Crippen LogP contribution < -0.4 is 0 Å². The monoisotopic (exact) mass is 368 g/mol. The first-order valence-corrected chi connectivity index (χ1v) is 10.6. The van der Waals surface area contributed by atoms with Crippen molar-refractivity contribution >= 4 is 11.9 Å². The van der Waals surface area contributed by atoms with Gasteiger partial charge in [-0.1, -0.05) is 67.2 Å². The van der Waals surface area contributed by atoms with Gasteiger partial charge in [0.15, 0.2) is 5.41 Å². The zero-order chi connectivity index (χ0) is 20.1. The molecule has 1 aliphatic rings. The molecule has 0 unspecified atom stereocenters. The van der Waals surface area contributed by atoms with Crippen molar-refractivity contribution in [3.63, 3.8) is 0 Å². The molecule has 0 amide bonds. The second kappa shape index (κ2) is 9.23. The minimum Gasteiger partial charge on any atom is -0.480 e. The third-order valence-electron chi connectivity index (χ3n) is 7.08. The van der Waals surface area contributed by atoms with Crippen LogP contribution >= 0.6 is 0 Å². The normalized spacial score (nSPS) is 24.8. The largest absolute Gasteiger partial charge is 0.480 e. The highest BCUT2D eigenvalue weighted by Crippen LogP contribution is 2.62. The van der Waals surface area contributed by atoms with Gasteiger partial charge in [-0.3, -0.25) is 9.59 Å². The zero-order valence-electron chi connectivity index (χ0n) is 17.7. The Morgan fingerprint density at radius 2 is 1.23 bits per heavy atom. The van der Waals surface area contributed by atoms with E-state index >= 15 is 0 Å². The molecule has 0 saturated heterocycles. The lowest BCUT2D eigenvalue weighted by Crippen LogP contribution is -2.59. The maximum Gasteiger partial charge on any atom is 0.321 e. The fourth-order valence-electron chi connectivity index (χ4n) is 5.46. The van der Waals surface area contributed by atoms with Crippen LogP contribution in [0.3, 0.4) is 0 Å². The highest BCUT2D eigenvalue weighted by Gasteiger charge is 2.65. The molecule has 0 aromatic carbocycles. The average Bonchev–Trinajstić information content (AvgIpc) is 2.56. The molecule has 1 aliphatic carbocycles. The first-order valence-electron chi connectivity index (χ1n) is 10.6. The molecule has 26 heavy (non-hydrogen) atoms. The lowest BCUT2D eigenvalue weighted by Gasteiger charge is -2.56. The Morgan fingerprint density at radius 3 is 1.54 bits per heavy atom. The fourth-order valence-corrected chi connectivity index (χ4v) is 5.46. The second-order valence-electron chi connectivity index (χ2n) is 9.23. The number of rotatable bonds is 10. The van der Waals surface area contributed by atoms with Gasteiger partial charge in [0.25, 0.3) is 0 Å². The minimum absolute atomic E-state index is 0.138. The van der Waals surface area contributed by atoms with E-state index in [0.717, 1.165) is 32.1 Å². The molecule has 1 fully saturated rings. The Bertz CT molecular complexity index is 459. The van der Waals surface area contributed by atoms with E-state index in [0.29, 0.717) is 24.7 Å². The smallest absolute Gasteiger partial charge is 0.321 e. The van der Waals surface area contributed by atoms with E-state index in [1.165, 1.54) is 0 Å². The summed E-state index contributed by atoms with van der Waals surface area (Å²) in [6.45, 7) is 12.8. The molecule has 1 saturated carbocycles. The molecule has 0 bridgehead atoms. The minimum atomic E-state index is -1.66. The Balaban J connectivity index is 3.58. The second-order valence-corrected chi connectivity index (χ2v) is 9.23. The van der Waals surface area contributed by atoms with Crippen molar-refractivity contribution in [3.8, 4) is 0 Å². The van der Waals surface area contributed by atoms with Gasteiger partial charge in [0, 0.05) is 0 Å². The predicted molar refractivity (Wildman–Crippen MR) is 105 cm³/mol. The predicted octanol–water partition coefficient (Wildman–Crippen LogP) is 5.85. The summed E-state index contributed by atoms with van der Waals surface area (Å²) >= 11 is 0. The van der Waals surface area contributed by atoms with Gasteiger partial charge in [-0.2, -0.15) is 0 Å². The molecular formula is C22H40O4. The van der Waals surface area contributed by atoms with E-state index in [9.17, 15) is 19.8 Å². The Morgan fingerprint density at radius 1 is 0.846 bits per heavy atom. The standard InChI is InChI=1S/C22H40O4/c1-7-9-11-21(12-10-8-2)13-17(15(3)4)18(16(5)6)14-22(21,19(23)24)20(25)26/h15-18H,7-14H2,1-6H3,(H,23,24)(H,25,26)/t17-,18-/m1/s1. The van der Waals surface area contributed by atoms with Crippen molar-refractivity contribution in [2.24, 2.45) is 34.5 Å². The summed E-state index contributed by atoms with van der Waals surface area (Å²) in [5.74, 6) is -0.995. The van der Waals surface area contributed by atoms with E-state index in [4.69, 9.17) is 0 Å². The molecule has 0 radical (unpaired) electrons. The van der Waals surface area contributed by atoms with E-state index in [-0.39, 0.29) is 18.3 Å². The maximum atomic E-state index is 12.5. The molecule has 0 aromatic heterocycles. The van der Waals surface area contributed by atoms with Crippen LogP contribution in [0.5, 0.6) is 0 Å². The molecule has 0 spiro atoms. The van der Waals surface area contributed by atoms with Crippen molar-refractivity contribution < 1.29 is 19.8 Å². The van der Waals surface area contributed by atoms with Gasteiger partial charge >= 0.3 is 11.9 Å². The molecule has 0 heterocycles. The first kappa shape index (κ1) is 23.0. The number of unbranched alkanes of at least 4 members (excludes halogenated alkanes) is 2. The van der Waals surface area contributed by atoms with Crippen LogP contribution in [0.1, 0.15) is 92.9 Å². The van der Waals surface area contributed by atoms with Crippen molar-refractivity contribution in [1.29, 1.82) is 0 Å². The van der Waals surface area contributed by atoms with Crippen LogP contribution in [0.2, 0.25) is 0 Å². The van der Waals surface area contributed by atoms with Gasteiger partial charge < -0.3 is 10.2 Å². The summed E-state index contributed by atoms with van der Waals surface area (Å²) in [6.07, 6.45) is 6.11. The average molecular weight is 369 g/mol. The molecule has 0 aliphatic heterocycles. The quantitative estimate of drug-likeness (QED) is 0.474.